The number of ether oxygens (including phenoxy) is 1. The van der Waals surface area contributed by atoms with Gasteiger partial charge in [-0.25, -0.2) is 0 Å². The van der Waals surface area contributed by atoms with E-state index in [2.05, 4.69) is 24.5 Å². The summed E-state index contributed by atoms with van der Waals surface area (Å²) in [4.78, 5) is 53.2. The van der Waals surface area contributed by atoms with Gasteiger partial charge in [-0.05, 0) is 49.7 Å². The second kappa shape index (κ2) is 16.7. The Labute approximate surface area is 245 Å². The minimum atomic E-state index is -1.48. The van der Waals surface area contributed by atoms with Gasteiger partial charge in [0.15, 0.2) is 5.78 Å². The van der Waals surface area contributed by atoms with Crippen LogP contribution < -0.4 is 10.6 Å². The van der Waals surface area contributed by atoms with Crippen molar-refractivity contribution in [2.75, 3.05) is 0 Å². The summed E-state index contributed by atoms with van der Waals surface area (Å²) in [6, 6.07) is 16.9. The number of hydrogen-bond acceptors (Lipinski definition) is 5. The van der Waals surface area contributed by atoms with Crippen molar-refractivity contribution in [2.45, 2.75) is 98.8 Å². The van der Waals surface area contributed by atoms with Crippen LogP contribution in [0.2, 0.25) is 0 Å². The highest BCUT2D eigenvalue weighted by Crippen LogP contribution is 2.24. The fourth-order valence-electron chi connectivity index (χ4n) is 4.58. The molecule has 7 nitrogen and oxygen atoms in total. The predicted octanol–water partition coefficient (Wildman–Crippen LogP) is 5.80. The van der Waals surface area contributed by atoms with E-state index in [1.807, 2.05) is 74.5 Å². The number of carbonyl (C=O) groups is 4. The van der Waals surface area contributed by atoms with Crippen molar-refractivity contribution in [3.05, 3.63) is 71.8 Å². The maximum absolute atomic E-state index is 13.7. The van der Waals surface area contributed by atoms with E-state index in [1.165, 1.54) is 13.8 Å². The molecule has 2 aromatic rings. The number of carbonyl (C=O) groups excluding carboxylic acids is 4. The van der Waals surface area contributed by atoms with Crippen LogP contribution in [0.3, 0.4) is 0 Å². The van der Waals surface area contributed by atoms with Crippen molar-refractivity contribution in [3.63, 3.8) is 0 Å². The zero-order valence-electron chi connectivity index (χ0n) is 25.6. The molecule has 0 saturated carbocycles. The molecule has 0 fully saturated rings. The molecule has 0 aliphatic rings. The fraction of sp³-hybridized carbons (Fsp3) is 0.529. The van der Waals surface area contributed by atoms with Gasteiger partial charge < -0.3 is 15.4 Å². The molecular formula is C34H48N2O5. The molecule has 0 heterocycles. The van der Waals surface area contributed by atoms with Crippen LogP contribution in [0, 0.1) is 17.3 Å². The van der Waals surface area contributed by atoms with E-state index in [-0.39, 0.29) is 24.9 Å². The van der Waals surface area contributed by atoms with Crippen molar-refractivity contribution >= 4 is 23.6 Å². The number of Topliss-reactive ketones (excluding diaryl/α,β-unsaturated/α-hetero) is 1. The Morgan fingerprint density at radius 3 is 1.90 bits per heavy atom. The lowest BCUT2D eigenvalue weighted by atomic mass is 9.81. The van der Waals surface area contributed by atoms with Gasteiger partial charge in [0, 0.05) is 12.8 Å². The molecular weight excluding hydrogens is 516 g/mol. The van der Waals surface area contributed by atoms with Crippen LogP contribution in [0.25, 0.3) is 0 Å². The first-order valence-electron chi connectivity index (χ1n) is 14.8. The summed E-state index contributed by atoms with van der Waals surface area (Å²) in [5.41, 5.74) is 0.236. The van der Waals surface area contributed by atoms with Crippen LogP contribution in [0.4, 0.5) is 0 Å². The number of unbranched alkanes of at least 4 members (excludes halogenated alkanes) is 1. The lowest BCUT2D eigenvalue weighted by molar-refractivity contribution is -0.160. The van der Waals surface area contributed by atoms with Crippen LogP contribution in [0.5, 0.6) is 0 Å². The Morgan fingerprint density at radius 2 is 1.34 bits per heavy atom. The average molecular weight is 565 g/mol. The quantitative estimate of drug-likeness (QED) is 0.144. The Bertz CT molecular complexity index is 1110. The molecule has 224 valence electrons. The molecule has 0 unspecified atom stereocenters. The molecule has 7 heteroatoms. The van der Waals surface area contributed by atoms with Crippen molar-refractivity contribution in [2.24, 2.45) is 17.3 Å². The van der Waals surface area contributed by atoms with E-state index in [0.29, 0.717) is 18.8 Å². The summed E-state index contributed by atoms with van der Waals surface area (Å²) in [6.45, 7) is 11.3. The molecule has 2 rings (SSSR count). The molecule has 0 spiro atoms. The van der Waals surface area contributed by atoms with Gasteiger partial charge in [0.1, 0.15) is 18.1 Å². The Hall–Kier alpha value is -3.48. The third kappa shape index (κ3) is 11.9. The van der Waals surface area contributed by atoms with Crippen molar-refractivity contribution in [1.82, 2.24) is 10.6 Å². The Kier molecular flexibility index (Phi) is 13.7. The largest absolute Gasteiger partial charge is 0.460 e. The summed E-state index contributed by atoms with van der Waals surface area (Å²) in [5.74, 6) is -1.06. The van der Waals surface area contributed by atoms with Crippen molar-refractivity contribution < 1.29 is 23.9 Å². The summed E-state index contributed by atoms with van der Waals surface area (Å²) in [6.07, 6.45) is 3.71. The van der Waals surface area contributed by atoms with Gasteiger partial charge in [0.2, 0.25) is 11.8 Å². The van der Waals surface area contributed by atoms with E-state index in [4.69, 9.17) is 4.74 Å². The van der Waals surface area contributed by atoms with Gasteiger partial charge in [-0.2, -0.15) is 0 Å². The van der Waals surface area contributed by atoms with Crippen LogP contribution in [0.15, 0.2) is 60.7 Å². The molecule has 0 saturated heterocycles. The number of ketones is 1. The molecule has 0 aliphatic carbocycles. The molecule has 2 aromatic carbocycles. The predicted molar refractivity (Wildman–Crippen MR) is 162 cm³/mol. The molecule has 2 amide bonds. The lowest BCUT2D eigenvalue weighted by Crippen LogP contribution is -2.55. The van der Waals surface area contributed by atoms with E-state index in [1.54, 1.807) is 0 Å². The number of nitrogens with one attached hydrogen (secondary N) is 2. The molecule has 41 heavy (non-hydrogen) atoms. The fourth-order valence-corrected chi connectivity index (χ4v) is 4.58. The summed E-state index contributed by atoms with van der Waals surface area (Å²) >= 11 is 0. The highest BCUT2D eigenvalue weighted by atomic mass is 16.5. The number of benzene rings is 2. The number of esters is 1. The second-order valence-electron chi connectivity index (χ2n) is 12.2. The zero-order valence-corrected chi connectivity index (χ0v) is 25.6. The van der Waals surface area contributed by atoms with Gasteiger partial charge in [-0.3, -0.25) is 19.2 Å². The van der Waals surface area contributed by atoms with Crippen molar-refractivity contribution in [1.29, 1.82) is 0 Å². The molecule has 0 aromatic heterocycles. The average Bonchev–Trinajstić information content (AvgIpc) is 2.93. The summed E-state index contributed by atoms with van der Waals surface area (Å²) in [7, 11) is 0. The Morgan fingerprint density at radius 1 is 0.756 bits per heavy atom. The minimum Gasteiger partial charge on any atom is -0.460 e. The highest BCUT2D eigenvalue weighted by Gasteiger charge is 2.42. The summed E-state index contributed by atoms with van der Waals surface area (Å²) < 4.78 is 5.49. The monoisotopic (exact) mass is 564 g/mol. The molecule has 2 N–H and O–H groups in total. The number of rotatable bonds is 17. The van der Waals surface area contributed by atoms with Crippen molar-refractivity contribution in [3.8, 4) is 0 Å². The first-order chi connectivity index (χ1) is 19.4. The van der Waals surface area contributed by atoms with Gasteiger partial charge in [0.05, 0.1) is 6.04 Å². The van der Waals surface area contributed by atoms with Gasteiger partial charge >= 0.3 is 5.97 Å². The normalized spacial score (nSPS) is 13.0. The molecule has 0 aliphatic heterocycles. The van der Waals surface area contributed by atoms with E-state index < -0.39 is 35.2 Å². The van der Waals surface area contributed by atoms with E-state index >= 15 is 0 Å². The van der Waals surface area contributed by atoms with Gasteiger partial charge in [-0.15, -0.1) is 0 Å². The maximum Gasteiger partial charge on any atom is 0.319 e. The SMILES string of the molecule is CC(C)CCCCC(=O)N[C@@H](Cc1ccccc1)C(=O)N[C@@H](CC(C)C)C(=O)C(C)(C)C(=O)OCc1ccccc1. The molecule has 0 radical (unpaired) electrons. The van der Waals surface area contributed by atoms with Crippen LogP contribution in [0.1, 0.15) is 84.8 Å². The maximum atomic E-state index is 13.7. The smallest absolute Gasteiger partial charge is 0.319 e. The van der Waals surface area contributed by atoms with Gasteiger partial charge in [-0.1, -0.05) is 101 Å². The lowest BCUT2D eigenvalue weighted by Gasteiger charge is -2.29. The summed E-state index contributed by atoms with van der Waals surface area (Å²) in [5, 5.41) is 5.78. The molecule has 2 atom stereocenters. The van der Waals surface area contributed by atoms with Crippen LogP contribution in [-0.2, 0) is 36.9 Å². The third-order valence-corrected chi connectivity index (χ3v) is 7.05. The first-order valence-corrected chi connectivity index (χ1v) is 14.8. The zero-order chi connectivity index (χ0) is 30.4. The van der Waals surface area contributed by atoms with E-state index in [9.17, 15) is 19.2 Å². The van der Waals surface area contributed by atoms with Crippen LogP contribution in [-0.4, -0.2) is 35.7 Å². The minimum absolute atomic E-state index is 0.0555. The topological polar surface area (TPSA) is 102 Å². The second-order valence-corrected chi connectivity index (χ2v) is 12.2. The first kappa shape index (κ1) is 33.7. The Balaban J connectivity index is 2.15. The standard InChI is InChI=1S/C34H48N2O5/c1-24(2)15-13-14-20-30(37)35-29(22-26-16-9-7-10-17-26)32(39)36-28(21-25(3)4)31(38)34(5,6)33(40)41-23-27-18-11-8-12-19-27/h7-12,16-19,24-25,28-29H,13-15,20-23H2,1-6H3,(H,35,37)(H,36,39)/t28-,29-/m0/s1. The van der Waals surface area contributed by atoms with Crippen LogP contribution >= 0.6 is 0 Å². The van der Waals surface area contributed by atoms with Gasteiger partial charge in [0.25, 0.3) is 0 Å². The highest BCUT2D eigenvalue weighted by molar-refractivity contribution is 6.06. The molecule has 0 bridgehead atoms. The third-order valence-electron chi connectivity index (χ3n) is 7.05. The number of amides is 2. The van der Waals surface area contributed by atoms with E-state index in [0.717, 1.165) is 30.4 Å². The number of hydrogen-bond donors (Lipinski definition) is 2.